The fraction of sp³-hybridized carbons (Fsp3) is 0.714. The number of methoxy groups -OCH3 is 1. The van der Waals surface area contributed by atoms with E-state index in [0.29, 0.717) is 11.6 Å². The number of nitrogens with zero attached hydrogens (tertiary/aromatic N) is 2. The Morgan fingerprint density at radius 3 is 2.78 bits per heavy atom. The number of hydrogen-bond acceptors (Lipinski definition) is 4. The SMILES string of the molecule is COC(C)c1nc(N)cc(CCC2CCCC2)n1. The Balaban J connectivity index is 2.00. The van der Waals surface area contributed by atoms with Crippen LogP contribution in [0.5, 0.6) is 0 Å². The normalized spacial score (nSPS) is 18.1. The topological polar surface area (TPSA) is 61.0 Å². The van der Waals surface area contributed by atoms with E-state index in [2.05, 4.69) is 9.97 Å². The number of nitrogens with two attached hydrogens (primary N) is 1. The molecule has 100 valence electrons. The molecule has 4 nitrogen and oxygen atoms in total. The summed E-state index contributed by atoms with van der Waals surface area (Å²) in [6.07, 6.45) is 7.66. The zero-order valence-corrected chi connectivity index (χ0v) is 11.4. The molecule has 1 aliphatic carbocycles. The average molecular weight is 249 g/mol. The van der Waals surface area contributed by atoms with Crippen molar-refractivity contribution in [3.63, 3.8) is 0 Å². The lowest BCUT2D eigenvalue weighted by Crippen LogP contribution is -2.08. The van der Waals surface area contributed by atoms with Gasteiger partial charge >= 0.3 is 0 Å². The summed E-state index contributed by atoms with van der Waals surface area (Å²) in [5.74, 6) is 2.12. The van der Waals surface area contributed by atoms with Crippen molar-refractivity contribution in [1.82, 2.24) is 9.97 Å². The number of nitrogen functional groups attached to an aromatic ring is 1. The van der Waals surface area contributed by atoms with Crippen molar-refractivity contribution in [2.75, 3.05) is 12.8 Å². The summed E-state index contributed by atoms with van der Waals surface area (Å²) in [5, 5.41) is 0. The van der Waals surface area contributed by atoms with E-state index in [1.54, 1.807) is 7.11 Å². The third-order valence-electron chi connectivity index (χ3n) is 3.82. The predicted octanol–water partition coefficient (Wildman–Crippen LogP) is 2.89. The second-order valence-electron chi connectivity index (χ2n) is 5.21. The smallest absolute Gasteiger partial charge is 0.159 e. The van der Waals surface area contributed by atoms with Gasteiger partial charge in [0.1, 0.15) is 11.9 Å². The van der Waals surface area contributed by atoms with Crippen LogP contribution in [-0.4, -0.2) is 17.1 Å². The van der Waals surface area contributed by atoms with E-state index in [0.717, 1.165) is 18.0 Å². The van der Waals surface area contributed by atoms with Gasteiger partial charge in [-0.25, -0.2) is 9.97 Å². The number of aromatic nitrogens is 2. The van der Waals surface area contributed by atoms with Crippen LogP contribution in [-0.2, 0) is 11.2 Å². The van der Waals surface area contributed by atoms with E-state index >= 15 is 0 Å². The Hall–Kier alpha value is -1.16. The van der Waals surface area contributed by atoms with Gasteiger partial charge in [0.05, 0.1) is 0 Å². The molecule has 18 heavy (non-hydrogen) atoms. The van der Waals surface area contributed by atoms with Crippen LogP contribution >= 0.6 is 0 Å². The molecule has 0 aromatic carbocycles. The van der Waals surface area contributed by atoms with Crippen LogP contribution in [0.1, 0.15) is 56.7 Å². The van der Waals surface area contributed by atoms with Gasteiger partial charge in [0.15, 0.2) is 5.82 Å². The predicted molar refractivity (Wildman–Crippen MR) is 72.1 cm³/mol. The molecule has 0 amide bonds. The minimum atomic E-state index is -0.0984. The summed E-state index contributed by atoms with van der Waals surface area (Å²) in [6.45, 7) is 1.94. The lowest BCUT2D eigenvalue weighted by atomic mass is 10.0. The molecule has 4 heteroatoms. The molecule has 0 spiro atoms. The molecule has 0 saturated heterocycles. The molecule has 0 bridgehead atoms. The van der Waals surface area contributed by atoms with Gasteiger partial charge in [-0.05, 0) is 25.7 Å². The highest BCUT2D eigenvalue weighted by molar-refractivity contribution is 5.30. The van der Waals surface area contributed by atoms with Crippen molar-refractivity contribution >= 4 is 5.82 Å². The highest BCUT2D eigenvalue weighted by Gasteiger charge is 2.16. The highest BCUT2D eigenvalue weighted by atomic mass is 16.5. The van der Waals surface area contributed by atoms with Crippen LogP contribution in [0.25, 0.3) is 0 Å². The highest BCUT2D eigenvalue weighted by Crippen LogP contribution is 2.28. The number of anilines is 1. The summed E-state index contributed by atoms with van der Waals surface area (Å²) in [4.78, 5) is 8.78. The second-order valence-corrected chi connectivity index (χ2v) is 5.21. The molecule has 1 aromatic rings. The first-order chi connectivity index (χ1) is 8.69. The Kier molecular flexibility index (Phi) is 4.53. The van der Waals surface area contributed by atoms with Crippen LogP contribution in [0.15, 0.2) is 6.07 Å². The van der Waals surface area contributed by atoms with E-state index < -0.39 is 0 Å². The molecule has 1 aliphatic rings. The fourth-order valence-electron chi connectivity index (χ4n) is 2.61. The van der Waals surface area contributed by atoms with Crippen molar-refractivity contribution < 1.29 is 4.74 Å². The third-order valence-corrected chi connectivity index (χ3v) is 3.82. The van der Waals surface area contributed by atoms with Gasteiger partial charge in [-0.3, -0.25) is 0 Å². The van der Waals surface area contributed by atoms with Gasteiger partial charge in [0, 0.05) is 18.9 Å². The van der Waals surface area contributed by atoms with E-state index in [4.69, 9.17) is 10.5 Å². The Bertz CT molecular complexity index is 389. The quantitative estimate of drug-likeness (QED) is 0.871. The molecule has 2 rings (SSSR count). The van der Waals surface area contributed by atoms with Gasteiger partial charge in [0.2, 0.25) is 0 Å². The fourth-order valence-corrected chi connectivity index (χ4v) is 2.61. The lowest BCUT2D eigenvalue weighted by Gasteiger charge is -2.12. The summed E-state index contributed by atoms with van der Waals surface area (Å²) in [7, 11) is 1.66. The van der Waals surface area contributed by atoms with Gasteiger partial charge in [-0.1, -0.05) is 25.7 Å². The van der Waals surface area contributed by atoms with Crippen molar-refractivity contribution in [2.45, 2.75) is 51.6 Å². The molecule has 1 saturated carbocycles. The monoisotopic (exact) mass is 249 g/mol. The number of rotatable bonds is 5. The molecule has 0 aliphatic heterocycles. The molecule has 1 heterocycles. The molecule has 1 unspecified atom stereocenters. The summed E-state index contributed by atoms with van der Waals surface area (Å²) < 4.78 is 5.24. The van der Waals surface area contributed by atoms with Gasteiger partial charge in [-0.2, -0.15) is 0 Å². The first-order valence-electron chi connectivity index (χ1n) is 6.85. The minimum absolute atomic E-state index is 0.0984. The number of ether oxygens (including phenoxy) is 1. The summed E-state index contributed by atoms with van der Waals surface area (Å²) in [6, 6.07) is 1.89. The Morgan fingerprint density at radius 1 is 1.39 bits per heavy atom. The standard InChI is InChI=1S/C14H23N3O/c1-10(18-2)14-16-12(9-13(15)17-14)8-7-11-5-3-4-6-11/h9-11H,3-8H2,1-2H3,(H2,15,16,17). The number of aryl methyl sites for hydroxylation is 1. The zero-order chi connectivity index (χ0) is 13.0. The van der Waals surface area contributed by atoms with Crippen molar-refractivity contribution in [3.8, 4) is 0 Å². The van der Waals surface area contributed by atoms with Crippen LogP contribution in [0.3, 0.4) is 0 Å². The second kappa shape index (κ2) is 6.14. The van der Waals surface area contributed by atoms with Gasteiger partial charge < -0.3 is 10.5 Å². The molecule has 1 fully saturated rings. The number of hydrogen-bond donors (Lipinski definition) is 1. The van der Waals surface area contributed by atoms with Crippen molar-refractivity contribution in [2.24, 2.45) is 5.92 Å². The van der Waals surface area contributed by atoms with Gasteiger partial charge in [0.25, 0.3) is 0 Å². The van der Waals surface area contributed by atoms with E-state index in [-0.39, 0.29) is 6.10 Å². The van der Waals surface area contributed by atoms with Crippen LogP contribution in [0.4, 0.5) is 5.82 Å². The summed E-state index contributed by atoms with van der Waals surface area (Å²) >= 11 is 0. The lowest BCUT2D eigenvalue weighted by molar-refractivity contribution is 0.112. The average Bonchev–Trinajstić information content (AvgIpc) is 2.88. The first kappa shape index (κ1) is 13.3. The largest absolute Gasteiger partial charge is 0.384 e. The van der Waals surface area contributed by atoms with Crippen LogP contribution in [0.2, 0.25) is 0 Å². The maximum absolute atomic E-state index is 5.83. The molecule has 1 aromatic heterocycles. The van der Waals surface area contributed by atoms with E-state index in [1.807, 2.05) is 13.0 Å². The van der Waals surface area contributed by atoms with Crippen LogP contribution < -0.4 is 5.73 Å². The van der Waals surface area contributed by atoms with E-state index in [9.17, 15) is 0 Å². The maximum Gasteiger partial charge on any atom is 0.159 e. The minimum Gasteiger partial charge on any atom is -0.384 e. The Morgan fingerprint density at radius 2 is 2.11 bits per heavy atom. The molecule has 2 N–H and O–H groups in total. The van der Waals surface area contributed by atoms with Crippen molar-refractivity contribution in [1.29, 1.82) is 0 Å². The van der Waals surface area contributed by atoms with Crippen LogP contribution in [0, 0.1) is 5.92 Å². The third kappa shape index (κ3) is 3.42. The van der Waals surface area contributed by atoms with E-state index in [1.165, 1.54) is 32.1 Å². The summed E-state index contributed by atoms with van der Waals surface area (Å²) in [5.41, 5.74) is 6.88. The van der Waals surface area contributed by atoms with Crippen molar-refractivity contribution in [3.05, 3.63) is 17.6 Å². The molecular weight excluding hydrogens is 226 g/mol. The first-order valence-corrected chi connectivity index (χ1v) is 6.85. The van der Waals surface area contributed by atoms with Gasteiger partial charge in [-0.15, -0.1) is 0 Å². The maximum atomic E-state index is 5.83. The Labute approximate surface area is 109 Å². The zero-order valence-electron chi connectivity index (χ0n) is 11.4. The molecular formula is C14H23N3O. The molecule has 1 atom stereocenters. The molecule has 0 radical (unpaired) electrons.